The fourth-order valence-corrected chi connectivity index (χ4v) is 3.82. The zero-order chi connectivity index (χ0) is 7.59. The Balaban J connectivity index is 2.04. The van der Waals surface area contributed by atoms with E-state index >= 15 is 0 Å². The van der Waals surface area contributed by atoms with Gasteiger partial charge in [-0.1, -0.05) is 15.9 Å². The Hall–Kier alpha value is -0.0500. The van der Waals surface area contributed by atoms with Crippen LogP contribution in [0.3, 0.4) is 0 Å². The first kappa shape index (κ1) is 6.46. The summed E-state index contributed by atoms with van der Waals surface area (Å²) >= 11 is 3.60. The second-order valence-corrected chi connectivity index (χ2v) is 4.91. The van der Waals surface area contributed by atoms with Crippen LogP contribution in [0.2, 0.25) is 0 Å². The first-order valence-electron chi connectivity index (χ1n) is 4.12. The predicted molar refractivity (Wildman–Crippen MR) is 42.3 cm³/mol. The van der Waals surface area contributed by atoms with Gasteiger partial charge in [0.1, 0.15) is 6.10 Å². The molecular weight excluding hydrogens is 208 g/mol. The lowest BCUT2D eigenvalue weighted by Crippen LogP contribution is -2.26. The van der Waals surface area contributed by atoms with Crippen molar-refractivity contribution in [3.05, 3.63) is 0 Å². The van der Waals surface area contributed by atoms with E-state index in [1.807, 2.05) is 0 Å². The number of hydrogen-bond donors (Lipinski definition) is 0. The van der Waals surface area contributed by atoms with Gasteiger partial charge in [-0.15, -0.1) is 0 Å². The average Bonchev–Trinajstić information content (AvgIpc) is 2.53. The second kappa shape index (κ2) is 1.82. The quantitative estimate of drug-likeness (QED) is 0.452. The molecule has 0 spiro atoms. The Morgan fingerprint density at radius 3 is 2.91 bits per heavy atom. The summed E-state index contributed by atoms with van der Waals surface area (Å²) in [4.78, 5) is 11.6. The van der Waals surface area contributed by atoms with Crippen LogP contribution in [0.1, 0.15) is 12.8 Å². The van der Waals surface area contributed by atoms with Crippen LogP contribution in [0.5, 0.6) is 0 Å². The molecule has 0 aromatic heterocycles. The van der Waals surface area contributed by atoms with Gasteiger partial charge in [-0.3, -0.25) is 4.79 Å². The number of esters is 1. The molecule has 5 atom stereocenters. The molecule has 1 saturated heterocycles. The van der Waals surface area contributed by atoms with Crippen molar-refractivity contribution in [1.82, 2.24) is 0 Å². The highest BCUT2D eigenvalue weighted by Crippen LogP contribution is 2.56. The van der Waals surface area contributed by atoms with E-state index in [4.69, 9.17) is 4.74 Å². The third-order valence-corrected chi connectivity index (χ3v) is 4.66. The van der Waals surface area contributed by atoms with E-state index in [1.165, 1.54) is 6.42 Å². The van der Waals surface area contributed by atoms with E-state index in [1.54, 1.807) is 0 Å². The van der Waals surface area contributed by atoms with Crippen molar-refractivity contribution >= 4 is 21.9 Å². The van der Waals surface area contributed by atoms with Crippen molar-refractivity contribution in [2.45, 2.75) is 23.8 Å². The van der Waals surface area contributed by atoms with Gasteiger partial charge in [-0.05, 0) is 18.8 Å². The molecule has 2 nitrogen and oxygen atoms in total. The topological polar surface area (TPSA) is 26.3 Å². The summed E-state index contributed by atoms with van der Waals surface area (Å²) in [6.45, 7) is 0. The Labute approximate surface area is 73.4 Å². The number of rotatable bonds is 0. The molecule has 1 heterocycles. The van der Waals surface area contributed by atoms with Gasteiger partial charge in [-0.2, -0.15) is 0 Å². The number of hydrogen-bond acceptors (Lipinski definition) is 2. The minimum absolute atomic E-state index is 0.0597. The SMILES string of the molecule is O=C1O[C@@H]2[C@@H](Br)[C@H]3C[C@@H]2[C@@H]1C3. The van der Waals surface area contributed by atoms with Crippen molar-refractivity contribution < 1.29 is 9.53 Å². The lowest BCUT2D eigenvalue weighted by Gasteiger charge is -2.18. The molecule has 1 aliphatic heterocycles. The van der Waals surface area contributed by atoms with Gasteiger partial charge >= 0.3 is 5.97 Å². The summed E-state index contributed by atoms with van der Waals surface area (Å²) in [5.74, 6) is 1.58. The van der Waals surface area contributed by atoms with Crippen LogP contribution in [-0.4, -0.2) is 16.9 Å². The van der Waals surface area contributed by atoms with Gasteiger partial charge in [-0.25, -0.2) is 0 Å². The molecule has 0 amide bonds. The molecule has 0 aromatic carbocycles. The summed E-state index contributed by atoms with van der Waals surface area (Å²) in [6, 6.07) is 0. The smallest absolute Gasteiger partial charge is 0.309 e. The van der Waals surface area contributed by atoms with Gasteiger partial charge in [0.05, 0.1) is 10.7 Å². The summed E-state index contributed by atoms with van der Waals surface area (Å²) in [5, 5.41) is 0. The Kier molecular flexibility index (Phi) is 1.07. The number of alkyl halides is 1. The van der Waals surface area contributed by atoms with E-state index in [2.05, 4.69) is 15.9 Å². The lowest BCUT2D eigenvalue weighted by atomic mass is 9.90. The van der Waals surface area contributed by atoms with Gasteiger partial charge in [0.2, 0.25) is 0 Å². The lowest BCUT2D eigenvalue weighted by molar-refractivity contribution is -0.143. The molecule has 3 heteroatoms. The monoisotopic (exact) mass is 216 g/mol. The third kappa shape index (κ3) is 0.616. The second-order valence-electron chi connectivity index (χ2n) is 3.85. The minimum Gasteiger partial charge on any atom is -0.461 e. The van der Waals surface area contributed by atoms with Crippen LogP contribution in [-0.2, 0) is 9.53 Å². The number of fused-ring (bicyclic) bond motifs is 1. The van der Waals surface area contributed by atoms with Crippen LogP contribution in [0.15, 0.2) is 0 Å². The zero-order valence-corrected chi connectivity index (χ0v) is 7.58. The maximum atomic E-state index is 11.2. The highest BCUT2D eigenvalue weighted by atomic mass is 79.9. The van der Waals surface area contributed by atoms with Gasteiger partial charge < -0.3 is 4.74 Å². The molecule has 0 radical (unpaired) electrons. The van der Waals surface area contributed by atoms with Crippen molar-refractivity contribution in [3.63, 3.8) is 0 Å². The Bertz CT molecular complexity index is 228. The summed E-state index contributed by atoms with van der Waals surface area (Å²) in [6.07, 6.45) is 2.48. The fraction of sp³-hybridized carbons (Fsp3) is 0.875. The molecule has 3 aliphatic rings. The molecule has 2 saturated carbocycles. The van der Waals surface area contributed by atoms with Crippen molar-refractivity contribution in [2.24, 2.45) is 17.8 Å². The molecule has 2 aliphatic carbocycles. The largest absolute Gasteiger partial charge is 0.461 e. The maximum absolute atomic E-state index is 11.2. The number of carbonyl (C=O) groups is 1. The van der Waals surface area contributed by atoms with Crippen LogP contribution >= 0.6 is 15.9 Å². The number of halogens is 1. The normalized spacial score (nSPS) is 58.6. The third-order valence-electron chi connectivity index (χ3n) is 3.39. The molecule has 60 valence electrons. The van der Waals surface area contributed by atoms with Crippen molar-refractivity contribution in [2.75, 3.05) is 0 Å². The molecular formula is C8H9BrO2. The molecule has 0 aromatic rings. The Morgan fingerprint density at radius 2 is 2.27 bits per heavy atom. The first-order valence-corrected chi connectivity index (χ1v) is 5.03. The van der Waals surface area contributed by atoms with E-state index in [-0.39, 0.29) is 18.0 Å². The maximum Gasteiger partial charge on any atom is 0.309 e. The van der Waals surface area contributed by atoms with Gasteiger partial charge in [0.15, 0.2) is 0 Å². The van der Waals surface area contributed by atoms with E-state index in [0.717, 1.165) is 6.42 Å². The van der Waals surface area contributed by atoms with Crippen LogP contribution in [0, 0.1) is 17.8 Å². The first-order chi connectivity index (χ1) is 5.27. The molecule has 3 rings (SSSR count). The zero-order valence-electron chi connectivity index (χ0n) is 6.00. The predicted octanol–water partition coefficient (Wildman–Crippen LogP) is 1.33. The summed E-state index contributed by atoms with van der Waals surface area (Å²) < 4.78 is 5.27. The number of ether oxygens (including phenoxy) is 1. The average molecular weight is 217 g/mol. The molecule has 0 unspecified atom stereocenters. The molecule has 0 N–H and O–H groups in total. The van der Waals surface area contributed by atoms with E-state index in [0.29, 0.717) is 16.7 Å². The van der Waals surface area contributed by atoms with Crippen molar-refractivity contribution in [1.29, 1.82) is 0 Å². The van der Waals surface area contributed by atoms with Crippen molar-refractivity contribution in [3.8, 4) is 0 Å². The van der Waals surface area contributed by atoms with Crippen LogP contribution in [0.25, 0.3) is 0 Å². The standard InChI is InChI=1S/C8H9BrO2/c9-6-3-1-4-5(2-3)8(10)11-7(4)6/h3-7H,1-2H2/t3-,4+,5-,6-,7-/m0/s1. The molecule has 2 bridgehead atoms. The van der Waals surface area contributed by atoms with Gasteiger partial charge in [0.25, 0.3) is 0 Å². The molecule has 3 fully saturated rings. The summed E-state index contributed by atoms with van der Waals surface area (Å²) in [5.41, 5.74) is 0. The highest BCUT2D eigenvalue weighted by Gasteiger charge is 2.60. The Morgan fingerprint density at radius 1 is 1.45 bits per heavy atom. The van der Waals surface area contributed by atoms with Crippen LogP contribution in [0.4, 0.5) is 0 Å². The minimum atomic E-state index is 0.0597. The van der Waals surface area contributed by atoms with E-state index < -0.39 is 0 Å². The summed E-state index contributed by atoms with van der Waals surface area (Å²) in [7, 11) is 0. The fourth-order valence-electron chi connectivity index (χ4n) is 2.88. The van der Waals surface area contributed by atoms with E-state index in [9.17, 15) is 4.79 Å². The highest BCUT2D eigenvalue weighted by molar-refractivity contribution is 9.09. The molecule has 11 heavy (non-hydrogen) atoms. The van der Waals surface area contributed by atoms with Crippen LogP contribution < -0.4 is 0 Å². The van der Waals surface area contributed by atoms with Gasteiger partial charge in [0, 0.05) is 5.92 Å². The number of carbonyl (C=O) groups excluding carboxylic acids is 1.